The summed E-state index contributed by atoms with van der Waals surface area (Å²) in [4.78, 5) is 31.8. The van der Waals surface area contributed by atoms with Crippen molar-refractivity contribution in [3.8, 4) is 0 Å². The SMILES string of the molecule is CCCCCCCC(CCCCCC)N1C(=O)C(SC2CCCCCCC2)=C(SC2CCCCCCC2)C1=O. The largest absolute Gasteiger partial charge is 0.270 e. The molecule has 1 atom stereocenters. The van der Waals surface area contributed by atoms with Crippen LogP contribution in [0.3, 0.4) is 0 Å². The van der Waals surface area contributed by atoms with Crippen LogP contribution in [-0.2, 0) is 9.59 Å². The zero-order valence-corrected chi connectivity index (χ0v) is 27.1. The van der Waals surface area contributed by atoms with Gasteiger partial charge in [0, 0.05) is 16.5 Å². The number of unbranched alkanes of at least 4 members (excludes halogenated alkanes) is 7. The predicted molar refractivity (Wildman–Crippen MR) is 172 cm³/mol. The highest BCUT2D eigenvalue weighted by molar-refractivity contribution is 8.08. The third kappa shape index (κ3) is 11.4. The molecule has 1 heterocycles. The summed E-state index contributed by atoms with van der Waals surface area (Å²) in [7, 11) is 0. The second-order valence-corrected chi connectivity index (χ2v) is 15.1. The predicted octanol–water partition coefficient (Wildman–Crippen LogP) is 11.0. The molecular weight excluding hydrogens is 519 g/mol. The van der Waals surface area contributed by atoms with Crippen molar-refractivity contribution in [2.24, 2.45) is 0 Å². The lowest BCUT2D eigenvalue weighted by Gasteiger charge is -2.28. The number of carbonyl (C=O) groups is 2. The molecule has 2 amide bonds. The van der Waals surface area contributed by atoms with Gasteiger partial charge in [-0.3, -0.25) is 14.5 Å². The topological polar surface area (TPSA) is 37.4 Å². The van der Waals surface area contributed by atoms with Crippen LogP contribution in [0.4, 0.5) is 0 Å². The first kappa shape index (κ1) is 33.1. The van der Waals surface area contributed by atoms with E-state index < -0.39 is 0 Å². The molecule has 0 aromatic heterocycles. The molecule has 0 bridgehead atoms. The summed E-state index contributed by atoms with van der Waals surface area (Å²) in [6.45, 7) is 4.51. The summed E-state index contributed by atoms with van der Waals surface area (Å²) in [5.74, 6) is 0.129. The third-order valence-electron chi connectivity index (χ3n) is 9.10. The van der Waals surface area contributed by atoms with E-state index in [9.17, 15) is 9.59 Å². The van der Waals surface area contributed by atoms with E-state index in [1.165, 1.54) is 135 Å². The summed E-state index contributed by atoms with van der Waals surface area (Å²) in [5.41, 5.74) is 0. The van der Waals surface area contributed by atoms with Crippen LogP contribution in [0.5, 0.6) is 0 Å². The van der Waals surface area contributed by atoms with Gasteiger partial charge < -0.3 is 0 Å². The van der Waals surface area contributed by atoms with Crippen molar-refractivity contribution < 1.29 is 9.59 Å². The standard InChI is InChI=1S/C34H59NO2S2/c1-3-5-7-11-17-23-28(22-16-8-6-4-2)35-33(36)31(38-29-24-18-12-9-13-19-25-29)32(34(35)37)39-30-26-20-14-10-15-21-27-30/h28-30H,3-27H2,1-2H3. The van der Waals surface area contributed by atoms with Gasteiger partial charge in [0.25, 0.3) is 11.8 Å². The van der Waals surface area contributed by atoms with Gasteiger partial charge in [0.2, 0.25) is 0 Å². The van der Waals surface area contributed by atoms with Gasteiger partial charge in [-0.1, -0.05) is 136 Å². The monoisotopic (exact) mass is 577 g/mol. The van der Waals surface area contributed by atoms with E-state index in [1.807, 2.05) is 0 Å². The number of imide groups is 1. The molecule has 0 N–H and O–H groups in total. The number of hydrogen-bond donors (Lipinski definition) is 0. The molecule has 0 spiro atoms. The molecule has 0 aromatic rings. The summed E-state index contributed by atoms with van der Waals surface area (Å²) in [5, 5.41) is 0.976. The summed E-state index contributed by atoms with van der Waals surface area (Å²) >= 11 is 3.61. The first-order chi connectivity index (χ1) is 19.2. The van der Waals surface area contributed by atoms with Crippen LogP contribution < -0.4 is 0 Å². The molecule has 39 heavy (non-hydrogen) atoms. The molecule has 0 saturated heterocycles. The van der Waals surface area contributed by atoms with Crippen LogP contribution in [-0.4, -0.2) is 33.3 Å². The van der Waals surface area contributed by atoms with E-state index in [1.54, 1.807) is 28.4 Å². The van der Waals surface area contributed by atoms with Crippen LogP contribution in [0.25, 0.3) is 0 Å². The lowest BCUT2D eigenvalue weighted by atomic mass is 9.99. The molecule has 1 aliphatic heterocycles. The number of rotatable bonds is 16. The molecule has 2 aliphatic carbocycles. The first-order valence-electron chi connectivity index (χ1n) is 17.1. The van der Waals surface area contributed by atoms with Crippen molar-refractivity contribution in [1.82, 2.24) is 4.90 Å². The van der Waals surface area contributed by atoms with Crippen LogP contribution in [0.15, 0.2) is 9.81 Å². The lowest BCUT2D eigenvalue weighted by molar-refractivity contribution is -0.140. The van der Waals surface area contributed by atoms with E-state index in [2.05, 4.69) is 13.8 Å². The van der Waals surface area contributed by atoms with E-state index in [0.29, 0.717) is 10.5 Å². The van der Waals surface area contributed by atoms with Crippen molar-refractivity contribution in [2.75, 3.05) is 0 Å². The third-order valence-corrected chi connectivity index (χ3v) is 12.1. The van der Waals surface area contributed by atoms with Gasteiger partial charge in [-0.05, 0) is 38.5 Å². The minimum Gasteiger partial charge on any atom is -0.270 e. The van der Waals surface area contributed by atoms with Crippen LogP contribution >= 0.6 is 23.5 Å². The van der Waals surface area contributed by atoms with Gasteiger partial charge in [0.05, 0.1) is 9.81 Å². The fraction of sp³-hybridized carbons (Fsp3) is 0.882. The number of hydrogen-bond acceptors (Lipinski definition) is 4. The number of thioether (sulfide) groups is 2. The molecule has 3 nitrogen and oxygen atoms in total. The fourth-order valence-corrected chi connectivity index (χ4v) is 9.52. The molecule has 2 saturated carbocycles. The van der Waals surface area contributed by atoms with Gasteiger partial charge >= 0.3 is 0 Å². The van der Waals surface area contributed by atoms with Gasteiger partial charge in [-0.15, -0.1) is 23.5 Å². The Balaban J connectivity index is 1.78. The Kier molecular flexibility index (Phi) is 16.7. The maximum absolute atomic E-state index is 14.2. The molecule has 0 aromatic carbocycles. The highest BCUT2D eigenvalue weighted by atomic mass is 32.2. The highest BCUT2D eigenvalue weighted by Gasteiger charge is 2.43. The second-order valence-electron chi connectivity index (χ2n) is 12.5. The average molecular weight is 578 g/mol. The fourth-order valence-electron chi connectivity index (χ4n) is 6.64. The quantitative estimate of drug-likeness (QED) is 0.135. The minimum atomic E-state index is 0.0643. The average Bonchev–Trinajstić information content (AvgIpc) is 3.11. The first-order valence-corrected chi connectivity index (χ1v) is 18.9. The molecule has 5 heteroatoms. The summed E-state index contributed by atoms with van der Waals surface area (Å²) < 4.78 is 0. The Labute approximate surface area is 249 Å². The maximum atomic E-state index is 14.2. The van der Waals surface area contributed by atoms with Crippen molar-refractivity contribution in [3.05, 3.63) is 9.81 Å². The maximum Gasteiger partial charge on any atom is 0.268 e. The van der Waals surface area contributed by atoms with Crippen molar-refractivity contribution >= 4 is 35.3 Å². The van der Waals surface area contributed by atoms with E-state index in [0.717, 1.165) is 35.5 Å². The molecule has 3 aliphatic rings. The molecule has 0 radical (unpaired) electrons. The van der Waals surface area contributed by atoms with Gasteiger partial charge in [0.1, 0.15) is 0 Å². The lowest BCUT2D eigenvalue weighted by Crippen LogP contribution is -2.41. The van der Waals surface area contributed by atoms with Crippen molar-refractivity contribution in [2.45, 2.75) is 191 Å². The Morgan fingerprint density at radius 1 is 0.564 bits per heavy atom. The van der Waals surface area contributed by atoms with Crippen LogP contribution in [0.2, 0.25) is 0 Å². The number of amides is 2. The molecule has 224 valence electrons. The summed E-state index contributed by atoms with van der Waals surface area (Å²) in [6, 6.07) is 0.0758. The number of carbonyl (C=O) groups excluding carboxylic acids is 2. The Morgan fingerprint density at radius 2 is 0.923 bits per heavy atom. The van der Waals surface area contributed by atoms with E-state index in [4.69, 9.17) is 0 Å². The Morgan fingerprint density at radius 3 is 1.33 bits per heavy atom. The van der Waals surface area contributed by atoms with Gasteiger partial charge in [-0.2, -0.15) is 0 Å². The number of nitrogens with zero attached hydrogens (tertiary/aromatic N) is 1. The van der Waals surface area contributed by atoms with Crippen LogP contribution in [0, 0.1) is 0 Å². The Hall–Kier alpha value is -0.420. The van der Waals surface area contributed by atoms with Crippen molar-refractivity contribution in [3.63, 3.8) is 0 Å². The van der Waals surface area contributed by atoms with Gasteiger partial charge in [-0.25, -0.2) is 0 Å². The Bertz CT molecular complexity index is 689. The van der Waals surface area contributed by atoms with E-state index >= 15 is 0 Å². The molecule has 1 unspecified atom stereocenters. The minimum absolute atomic E-state index is 0.0643. The summed E-state index contributed by atoms with van der Waals surface area (Å²) in [6.07, 6.45) is 30.7. The molecule has 2 fully saturated rings. The van der Waals surface area contributed by atoms with Crippen LogP contribution in [0.1, 0.15) is 174 Å². The molecule has 3 rings (SSSR count). The highest BCUT2D eigenvalue weighted by Crippen LogP contribution is 2.45. The molecular formula is C34H59NO2S2. The zero-order valence-electron chi connectivity index (χ0n) is 25.5. The zero-order chi connectivity index (χ0) is 27.7. The smallest absolute Gasteiger partial charge is 0.268 e. The normalized spacial score (nSPS) is 21.6. The van der Waals surface area contributed by atoms with Crippen molar-refractivity contribution in [1.29, 1.82) is 0 Å². The second kappa shape index (κ2) is 19.7. The van der Waals surface area contributed by atoms with Gasteiger partial charge in [0.15, 0.2) is 0 Å². The van der Waals surface area contributed by atoms with E-state index in [-0.39, 0.29) is 17.9 Å².